The van der Waals surface area contributed by atoms with Gasteiger partial charge in [0, 0.05) is 22.9 Å². The van der Waals surface area contributed by atoms with Gasteiger partial charge in [0.2, 0.25) is 0 Å². The molecule has 1 unspecified atom stereocenters. The summed E-state index contributed by atoms with van der Waals surface area (Å²) >= 11 is -2.15. The molecule has 0 aliphatic rings. The first-order valence-corrected chi connectivity index (χ1v) is 13.7. The molecular weight excluding hydrogens is 493 g/mol. The fourth-order valence-corrected chi connectivity index (χ4v) is 5.08. The number of pyridine rings is 1. The van der Waals surface area contributed by atoms with Gasteiger partial charge in [0.25, 0.3) is 0 Å². The van der Waals surface area contributed by atoms with Crippen molar-refractivity contribution < 1.29 is 13.2 Å². The third-order valence-corrected chi connectivity index (χ3v) is 7.18. The van der Waals surface area contributed by atoms with Gasteiger partial charge < -0.3 is 4.55 Å². The van der Waals surface area contributed by atoms with Crippen molar-refractivity contribution in [3.63, 3.8) is 0 Å². The minimum atomic E-state index is -2.15. The summed E-state index contributed by atoms with van der Waals surface area (Å²) in [5.41, 5.74) is 8.77. The fourth-order valence-electron chi connectivity index (χ4n) is 4.61. The molecule has 4 aromatic carbocycles. The van der Waals surface area contributed by atoms with Crippen molar-refractivity contribution in [3.05, 3.63) is 137 Å². The molecule has 0 fully saturated rings. The molecule has 0 saturated heterocycles. The van der Waals surface area contributed by atoms with Crippen LogP contribution in [0.4, 0.5) is 4.39 Å². The van der Waals surface area contributed by atoms with Gasteiger partial charge in [-0.05, 0) is 87.3 Å². The number of nitrogens with zero attached hydrogens (tertiary/aromatic N) is 1. The van der Waals surface area contributed by atoms with Crippen molar-refractivity contribution in [2.75, 3.05) is 0 Å². The zero-order valence-corrected chi connectivity index (χ0v) is 22.0. The Balaban J connectivity index is 1.62. The van der Waals surface area contributed by atoms with E-state index in [1.165, 1.54) is 17.7 Å². The maximum atomic E-state index is 13.7. The molecule has 5 aromatic rings. The summed E-state index contributed by atoms with van der Waals surface area (Å²) in [6.07, 6.45) is 3.91. The average Bonchev–Trinajstić information content (AvgIpc) is 2.92. The minimum absolute atomic E-state index is 0.0324. The molecule has 0 N–H and O–H groups in total. The van der Waals surface area contributed by atoms with Crippen LogP contribution in [-0.2, 0) is 16.8 Å². The van der Waals surface area contributed by atoms with Gasteiger partial charge in [0.05, 0.1) is 5.52 Å². The number of fused-ring (bicyclic) bond motifs is 1. The van der Waals surface area contributed by atoms with Gasteiger partial charge in [-0.25, -0.2) is 4.39 Å². The molecule has 5 rings (SSSR count). The van der Waals surface area contributed by atoms with E-state index in [4.69, 9.17) is 0 Å². The van der Waals surface area contributed by atoms with Crippen LogP contribution in [0.15, 0.2) is 103 Å². The molecule has 1 atom stereocenters. The fraction of sp³-hybridized carbons (Fsp3) is 0.121. The lowest BCUT2D eigenvalue weighted by molar-refractivity contribution is 0.536. The highest BCUT2D eigenvalue weighted by Crippen LogP contribution is 2.33. The summed E-state index contributed by atoms with van der Waals surface area (Å²) in [7, 11) is 0. The van der Waals surface area contributed by atoms with Crippen molar-refractivity contribution in [3.8, 4) is 11.1 Å². The van der Waals surface area contributed by atoms with Crippen LogP contribution in [0.2, 0.25) is 0 Å². The molecule has 0 radical (unpaired) electrons. The number of hydrogen-bond donors (Lipinski definition) is 0. The van der Waals surface area contributed by atoms with Crippen molar-refractivity contribution in [1.29, 1.82) is 0 Å². The molecule has 0 bridgehead atoms. The van der Waals surface area contributed by atoms with E-state index in [2.05, 4.69) is 55.2 Å². The van der Waals surface area contributed by atoms with E-state index in [1.54, 1.807) is 12.1 Å². The van der Waals surface area contributed by atoms with Crippen molar-refractivity contribution >= 4 is 33.6 Å². The lowest BCUT2D eigenvalue weighted by atomic mass is 9.92. The molecule has 0 spiro atoms. The molecule has 0 amide bonds. The predicted molar refractivity (Wildman–Crippen MR) is 154 cm³/mol. The van der Waals surface area contributed by atoms with Crippen molar-refractivity contribution in [2.45, 2.75) is 25.5 Å². The number of rotatable bonds is 7. The molecule has 1 heterocycles. The Labute approximate surface area is 225 Å². The summed E-state index contributed by atoms with van der Waals surface area (Å²) in [6, 6.07) is 30.7. The minimum Gasteiger partial charge on any atom is -0.772 e. The predicted octanol–water partition coefficient (Wildman–Crippen LogP) is 8.13. The van der Waals surface area contributed by atoms with Gasteiger partial charge in [-0.1, -0.05) is 85.6 Å². The van der Waals surface area contributed by atoms with E-state index < -0.39 is 11.1 Å². The zero-order valence-electron chi connectivity index (χ0n) is 21.2. The maximum absolute atomic E-state index is 13.7. The Morgan fingerprint density at radius 3 is 2.32 bits per heavy atom. The van der Waals surface area contributed by atoms with Crippen LogP contribution in [0, 0.1) is 5.82 Å². The van der Waals surface area contributed by atoms with E-state index in [-0.39, 0.29) is 11.6 Å². The standard InChI is InChI=1S/C33H28FNO2S/c1-22(2)29-19-28-7-4-16-35-33(28)32(20-29)27-6-3-5-24(17-27)18-31(26-12-14-30(34)15-13-26)25-10-8-23(9-11-25)21-38(36)37/h3-20,22H,21H2,1-2H3,(H,36,37)/p-1/b31-18+. The quantitative estimate of drug-likeness (QED) is 0.161. The van der Waals surface area contributed by atoms with Crippen LogP contribution in [0.5, 0.6) is 0 Å². The number of halogens is 1. The van der Waals surface area contributed by atoms with Crippen molar-refractivity contribution in [2.24, 2.45) is 0 Å². The third-order valence-electron chi connectivity index (χ3n) is 6.61. The van der Waals surface area contributed by atoms with Gasteiger partial charge in [0.15, 0.2) is 0 Å². The molecule has 0 aliphatic heterocycles. The largest absolute Gasteiger partial charge is 0.772 e. The van der Waals surface area contributed by atoms with E-state index >= 15 is 0 Å². The molecular formula is C33H27FNO2S-. The zero-order chi connectivity index (χ0) is 26.6. The highest BCUT2D eigenvalue weighted by molar-refractivity contribution is 7.78. The second kappa shape index (κ2) is 11.2. The first-order valence-electron chi connectivity index (χ1n) is 12.5. The normalized spacial score (nSPS) is 12.7. The number of aromatic nitrogens is 1. The Hall–Kier alpha value is -3.93. The summed E-state index contributed by atoms with van der Waals surface area (Å²) in [6.45, 7) is 4.38. The first-order chi connectivity index (χ1) is 18.4. The molecule has 190 valence electrons. The molecule has 3 nitrogen and oxygen atoms in total. The van der Waals surface area contributed by atoms with Crippen LogP contribution >= 0.6 is 0 Å². The SMILES string of the molecule is CC(C)c1cc(-c2cccc(/C=C(/c3ccc(F)cc3)c3ccc(CS(=O)[O-])cc3)c2)c2ncccc2c1. The summed E-state index contributed by atoms with van der Waals surface area (Å²) in [4.78, 5) is 4.69. The lowest BCUT2D eigenvalue weighted by Crippen LogP contribution is -1.95. The van der Waals surface area contributed by atoms with E-state index in [0.29, 0.717) is 11.5 Å². The summed E-state index contributed by atoms with van der Waals surface area (Å²) in [5.74, 6) is 0.0522. The molecule has 0 aliphatic carbocycles. The second-order valence-electron chi connectivity index (χ2n) is 9.63. The van der Waals surface area contributed by atoms with Crippen LogP contribution < -0.4 is 0 Å². The number of hydrogen-bond acceptors (Lipinski definition) is 3. The van der Waals surface area contributed by atoms with Crippen LogP contribution in [0.1, 0.15) is 47.6 Å². The van der Waals surface area contributed by atoms with Crippen LogP contribution in [-0.4, -0.2) is 13.7 Å². The van der Waals surface area contributed by atoms with E-state index in [0.717, 1.165) is 44.3 Å². The molecule has 38 heavy (non-hydrogen) atoms. The van der Waals surface area contributed by atoms with Gasteiger partial charge in [0.1, 0.15) is 5.82 Å². The Kier molecular flexibility index (Phi) is 7.59. The second-order valence-corrected chi connectivity index (χ2v) is 10.5. The highest BCUT2D eigenvalue weighted by atomic mass is 32.2. The maximum Gasteiger partial charge on any atom is 0.123 e. The Morgan fingerprint density at radius 2 is 1.63 bits per heavy atom. The highest BCUT2D eigenvalue weighted by Gasteiger charge is 2.11. The monoisotopic (exact) mass is 520 g/mol. The lowest BCUT2D eigenvalue weighted by Gasteiger charge is -2.14. The number of benzene rings is 4. The molecule has 5 heteroatoms. The van der Waals surface area contributed by atoms with Crippen molar-refractivity contribution in [1.82, 2.24) is 4.98 Å². The summed E-state index contributed by atoms with van der Waals surface area (Å²) < 4.78 is 36.0. The smallest absolute Gasteiger partial charge is 0.123 e. The molecule has 0 saturated carbocycles. The summed E-state index contributed by atoms with van der Waals surface area (Å²) in [5, 5.41) is 1.11. The van der Waals surface area contributed by atoms with Crippen LogP contribution in [0.3, 0.4) is 0 Å². The van der Waals surface area contributed by atoms with Gasteiger partial charge >= 0.3 is 0 Å². The molecule has 1 aromatic heterocycles. The topological polar surface area (TPSA) is 53.0 Å². The van der Waals surface area contributed by atoms with E-state index in [1.807, 2.05) is 48.7 Å². The third kappa shape index (κ3) is 5.80. The first kappa shape index (κ1) is 25.7. The Morgan fingerprint density at radius 1 is 0.921 bits per heavy atom. The van der Waals surface area contributed by atoms with Crippen LogP contribution in [0.25, 0.3) is 33.7 Å². The van der Waals surface area contributed by atoms with Gasteiger partial charge in [-0.2, -0.15) is 0 Å². The van der Waals surface area contributed by atoms with E-state index in [9.17, 15) is 13.2 Å². The van der Waals surface area contributed by atoms with Gasteiger partial charge in [-0.15, -0.1) is 0 Å². The average molecular weight is 521 g/mol. The van der Waals surface area contributed by atoms with Gasteiger partial charge in [-0.3, -0.25) is 9.19 Å². The Bertz CT molecular complexity index is 1640.